The first-order valence-corrected chi connectivity index (χ1v) is 13.8. The number of para-hydroxylation sites is 1. The zero-order valence-electron chi connectivity index (χ0n) is 22.9. The normalized spacial score (nSPS) is 16.4. The summed E-state index contributed by atoms with van der Waals surface area (Å²) < 4.78 is 8.96. The smallest absolute Gasteiger partial charge is 0.358 e. The summed E-state index contributed by atoms with van der Waals surface area (Å²) in [6, 6.07) is 29.3. The molecule has 0 fully saturated rings. The minimum atomic E-state index is -1.16. The van der Waals surface area contributed by atoms with E-state index in [0.717, 1.165) is 69.7 Å². The molecule has 5 nitrogen and oxygen atoms in total. The molecule has 0 saturated carbocycles. The Balaban J connectivity index is 1.77. The third-order valence-electron chi connectivity index (χ3n) is 8.03. The van der Waals surface area contributed by atoms with E-state index in [4.69, 9.17) is 4.74 Å². The van der Waals surface area contributed by atoms with Gasteiger partial charge in [-0.3, -0.25) is 0 Å². The van der Waals surface area contributed by atoms with Crippen LogP contribution in [0.1, 0.15) is 53.5 Å². The van der Waals surface area contributed by atoms with Gasteiger partial charge in [0, 0.05) is 59.1 Å². The van der Waals surface area contributed by atoms with E-state index in [2.05, 4.69) is 109 Å². The molecule has 1 atom stereocenters. The number of anilines is 1. The van der Waals surface area contributed by atoms with Gasteiger partial charge in [0.25, 0.3) is 0 Å². The van der Waals surface area contributed by atoms with Crippen LogP contribution in [0, 0.1) is 6.92 Å². The fourth-order valence-corrected chi connectivity index (χ4v) is 6.33. The SMILES string of the molecule is CCN(CC)c1ccc(C2(c3c(-c4ccccc4)n(CC)c4ccccc34)OC(=O)c3ncccc32)c(C)c1. The summed E-state index contributed by atoms with van der Waals surface area (Å²) in [5, 5.41) is 1.06. The lowest BCUT2D eigenvalue weighted by molar-refractivity contribution is 0.0253. The molecular formula is C34H33N3O2. The van der Waals surface area contributed by atoms with Crippen LogP contribution in [0.3, 0.4) is 0 Å². The summed E-state index contributed by atoms with van der Waals surface area (Å²) in [7, 11) is 0. The van der Waals surface area contributed by atoms with Gasteiger partial charge in [-0.1, -0.05) is 60.7 Å². The molecule has 5 heteroatoms. The molecule has 0 aliphatic carbocycles. The second-order valence-electron chi connectivity index (χ2n) is 9.99. The topological polar surface area (TPSA) is 47.4 Å². The first-order valence-electron chi connectivity index (χ1n) is 13.8. The van der Waals surface area contributed by atoms with Crippen molar-refractivity contribution in [3.8, 4) is 11.3 Å². The number of hydrogen-bond acceptors (Lipinski definition) is 4. The first kappa shape index (κ1) is 24.9. The summed E-state index contributed by atoms with van der Waals surface area (Å²) in [4.78, 5) is 20.4. The molecule has 0 spiro atoms. The first-order chi connectivity index (χ1) is 19.0. The number of nitrogens with zero attached hydrogens (tertiary/aromatic N) is 3. The summed E-state index contributed by atoms with van der Waals surface area (Å²) in [6.07, 6.45) is 1.67. The molecule has 196 valence electrons. The van der Waals surface area contributed by atoms with E-state index in [1.165, 1.54) is 0 Å². The fourth-order valence-electron chi connectivity index (χ4n) is 6.33. The van der Waals surface area contributed by atoms with Crippen molar-refractivity contribution < 1.29 is 9.53 Å². The maximum atomic E-state index is 13.6. The van der Waals surface area contributed by atoms with Crippen LogP contribution in [0.2, 0.25) is 0 Å². The molecule has 39 heavy (non-hydrogen) atoms. The van der Waals surface area contributed by atoms with Gasteiger partial charge in [0.2, 0.25) is 0 Å². The van der Waals surface area contributed by atoms with Crippen molar-refractivity contribution in [2.24, 2.45) is 0 Å². The van der Waals surface area contributed by atoms with Crippen molar-refractivity contribution in [2.75, 3.05) is 18.0 Å². The van der Waals surface area contributed by atoms with Gasteiger partial charge in [0.05, 0.1) is 5.69 Å². The Hall–Kier alpha value is -4.38. The number of hydrogen-bond donors (Lipinski definition) is 0. The lowest BCUT2D eigenvalue weighted by atomic mass is 9.76. The van der Waals surface area contributed by atoms with E-state index < -0.39 is 11.6 Å². The highest BCUT2D eigenvalue weighted by molar-refractivity contribution is 6.00. The number of rotatable bonds is 7. The fraction of sp³-hybridized carbons (Fsp3) is 0.235. The highest BCUT2D eigenvalue weighted by Gasteiger charge is 2.53. The molecule has 5 aromatic rings. The average Bonchev–Trinajstić information content (AvgIpc) is 3.47. The van der Waals surface area contributed by atoms with Crippen molar-refractivity contribution >= 4 is 22.6 Å². The van der Waals surface area contributed by atoms with E-state index in [9.17, 15) is 4.79 Å². The maximum Gasteiger partial charge on any atom is 0.358 e. The Morgan fingerprint density at radius 3 is 2.33 bits per heavy atom. The zero-order valence-corrected chi connectivity index (χ0v) is 22.9. The molecule has 0 bridgehead atoms. The number of cyclic esters (lactones) is 1. The van der Waals surface area contributed by atoms with Crippen molar-refractivity contribution in [3.05, 3.63) is 119 Å². The number of aryl methyl sites for hydroxylation is 2. The van der Waals surface area contributed by atoms with Crippen LogP contribution < -0.4 is 4.90 Å². The van der Waals surface area contributed by atoms with Crippen LogP contribution >= 0.6 is 0 Å². The molecule has 1 aliphatic rings. The van der Waals surface area contributed by atoms with Crippen LogP contribution in [0.5, 0.6) is 0 Å². The monoisotopic (exact) mass is 515 g/mol. The second kappa shape index (κ2) is 9.73. The predicted molar refractivity (Wildman–Crippen MR) is 157 cm³/mol. The molecule has 2 aromatic heterocycles. The van der Waals surface area contributed by atoms with Gasteiger partial charge in [-0.25, -0.2) is 9.78 Å². The Labute approximate surface area is 229 Å². The van der Waals surface area contributed by atoms with Crippen molar-refractivity contribution in [3.63, 3.8) is 0 Å². The Bertz CT molecular complexity index is 1680. The molecule has 3 heterocycles. The number of benzene rings is 3. The minimum absolute atomic E-state index is 0.372. The number of carbonyl (C=O) groups is 1. The van der Waals surface area contributed by atoms with Crippen molar-refractivity contribution in [2.45, 2.75) is 39.8 Å². The summed E-state index contributed by atoms with van der Waals surface area (Å²) in [6.45, 7) is 11.2. The molecule has 0 radical (unpaired) electrons. The largest absolute Gasteiger partial charge is 0.439 e. The summed E-state index contributed by atoms with van der Waals surface area (Å²) in [5.74, 6) is -0.398. The van der Waals surface area contributed by atoms with E-state index in [-0.39, 0.29) is 0 Å². The van der Waals surface area contributed by atoms with E-state index in [1.807, 2.05) is 18.2 Å². The van der Waals surface area contributed by atoms with Gasteiger partial charge in [0.15, 0.2) is 11.3 Å². The summed E-state index contributed by atoms with van der Waals surface area (Å²) >= 11 is 0. The molecule has 1 aliphatic heterocycles. The molecule has 6 rings (SSSR count). The molecule has 1 unspecified atom stereocenters. The van der Waals surface area contributed by atoms with Crippen LogP contribution in [-0.2, 0) is 16.9 Å². The second-order valence-corrected chi connectivity index (χ2v) is 9.99. The van der Waals surface area contributed by atoms with Crippen molar-refractivity contribution in [1.82, 2.24) is 9.55 Å². The molecule has 0 N–H and O–H groups in total. The highest BCUT2D eigenvalue weighted by atomic mass is 16.6. The van der Waals surface area contributed by atoms with Crippen LogP contribution in [0.25, 0.3) is 22.2 Å². The molecule has 0 saturated heterocycles. The zero-order chi connectivity index (χ0) is 27.1. The number of pyridine rings is 1. The van der Waals surface area contributed by atoms with Crippen LogP contribution in [-0.4, -0.2) is 28.6 Å². The van der Waals surface area contributed by atoms with Crippen LogP contribution in [0.15, 0.2) is 91.1 Å². The Morgan fingerprint density at radius 1 is 0.872 bits per heavy atom. The predicted octanol–water partition coefficient (Wildman–Crippen LogP) is 7.34. The lowest BCUT2D eigenvalue weighted by Gasteiger charge is -2.33. The number of aromatic nitrogens is 2. The van der Waals surface area contributed by atoms with E-state index in [1.54, 1.807) is 6.20 Å². The number of fused-ring (bicyclic) bond motifs is 2. The van der Waals surface area contributed by atoms with Gasteiger partial charge in [-0.05, 0) is 63.1 Å². The van der Waals surface area contributed by atoms with Gasteiger partial charge in [-0.2, -0.15) is 0 Å². The number of esters is 1. The average molecular weight is 516 g/mol. The van der Waals surface area contributed by atoms with Crippen molar-refractivity contribution in [1.29, 1.82) is 0 Å². The molecule has 0 amide bonds. The van der Waals surface area contributed by atoms with Gasteiger partial charge in [0.1, 0.15) is 0 Å². The lowest BCUT2D eigenvalue weighted by Crippen LogP contribution is -2.31. The Kier molecular flexibility index (Phi) is 6.22. The standard InChI is InChI=1S/C34H33N3O2/c1-5-36(6-2)25-19-20-27(23(4)22-25)34(28-17-13-21-35-31(28)33(38)39-34)30-26-16-11-12-18-29(26)37(7-3)32(30)24-14-9-8-10-15-24/h8-22H,5-7H2,1-4H3. The van der Waals surface area contributed by atoms with Gasteiger partial charge < -0.3 is 14.2 Å². The van der Waals surface area contributed by atoms with Gasteiger partial charge in [-0.15, -0.1) is 0 Å². The van der Waals surface area contributed by atoms with E-state index >= 15 is 0 Å². The quantitative estimate of drug-likeness (QED) is 0.213. The minimum Gasteiger partial charge on any atom is -0.439 e. The van der Waals surface area contributed by atoms with Crippen LogP contribution in [0.4, 0.5) is 5.69 Å². The van der Waals surface area contributed by atoms with E-state index in [0.29, 0.717) is 5.69 Å². The highest BCUT2D eigenvalue weighted by Crippen LogP contribution is 2.53. The summed E-state index contributed by atoms with van der Waals surface area (Å²) in [5.41, 5.74) is 7.40. The molecule has 3 aromatic carbocycles. The molecular weight excluding hydrogens is 482 g/mol. The third kappa shape index (κ3) is 3.68. The number of carbonyl (C=O) groups excluding carboxylic acids is 1. The third-order valence-corrected chi connectivity index (χ3v) is 8.03. The number of ether oxygens (including phenoxy) is 1. The Morgan fingerprint density at radius 2 is 1.62 bits per heavy atom. The maximum absolute atomic E-state index is 13.6. The van der Waals surface area contributed by atoms with Gasteiger partial charge >= 0.3 is 5.97 Å².